The zero-order valence-electron chi connectivity index (χ0n) is 12.8. The molecule has 1 aromatic carbocycles. The molecule has 2 rings (SSSR count). The van der Waals surface area contributed by atoms with Gasteiger partial charge in [-0.2, -0.15) is 0 Å². The molecule has 0 aliphatic carbocycles. The first-order valence-corrected chi connectivity index (χ1v) is 7.11. The van der Waals surface area contributed by atoms with E-state index >= 15 is 0 Å². The summed E-state index contributed by atoms with van der Waals surface area (Å²) in [4.78, 5) is 35.2. The van der Waals surface area contributed by atoms with E-state index < -0.39 is 17.1 Å². The van der Waals surface area contributed by atoms with Crippen LogP contribution in [0.2, 0.25) is 0 Å². The van der Waals surface area contributed by atoms with Crippen LogP contribution in [0.5, 0.6) is 0 Å². The number of hydrogen-bond donors (Lipinski definition) is 3. The highest BCUT2D eigenvalue weighted by Gasteiger charge is 2.29. The molecule has 0 spiro atoms. The summed E-state index contributed by atoms with van der Waals surface area (Å²) >= 11 is 0. The summed E-state index contributed by atoms with van der Waals surface area (Å²) < 4.78 is 0. The van der Waals surface area contributed by atoms with Crippen LogP contribution in [-0.2, 0) is 6.42 Å². The summed E-state index contributed by atoms with van der Waals surface area (Å²) in [6.45, 7) is 2.31. The maximum absolute atomic E-state index is 12.5. The van der Waals surface area contributed by atoms with Crippen molar-refractivity contribution in [2.24, 2.45) is 0 Å². The smallest absolute Gasteiger partial charge is 0.404 e. The summed E-state index contributed by atoms with van der Waals surface area (Å²) in [6.07, 6.45) is -0.593. The van der Waals surface area contributed by atoms with Gasteiger partial charge in [0.15, 0.2) is 0 Å². The Morgan fingerprint density at radius 3 is 2.78 bits per heavy atom. The number of carbonyl (C=O) groups is 2. The van der Waals surface area contributed by atoms with Crippen molar-refractivity contribution in [1.82, 2.24) is 10.2 Å². The molecule has 23 heavy (non-hydrogen) atoms. The molecule has 1 aromatic rings. The van der Waals surface area contributed by atoms with Gasteiger partial charge in [0.05, 0.1) is 4.92 Å². The van der Waals surface area contributed by atoms with Crippen LogP contribution in [0.25, 0.3) is 0 Å². The van der Waals surface area contributed by atoms with Crippen LogP contribution in [0.1, 0.15) is 22.8 Å². The third-order valence-electron chi connectivity index (χ3n) is 3.72. The minimum Gasteiger partial charge on any atom is -0.465 e. The van der Waals surface area contributed by atoms with Crippen molar-refractivity contribution in [3.63, 3.8) is 0 Å². The van der Waals surface area contributed by atoms with Crippen LogP contribution in [-0.4, -0.2) is 53.1 Å². The van der Waals surface area contributed by atoms with Crippen LogP contribution in [0.4, 0.5) is 16.2 Å². The van der Waals surface area contributed by atoms with Gasteiger partial charge in [-0.15, -0.1) is 0 Å². The normalized spacial score (nSPS) is 14.9. The number of nitro groups is 1. The maximum Gasteiger partial charge on any atom is 0.404 e. The number of nitro benzene ring substituents is 1. The molecular weight excluding hydrogens is 304 g/mol. The molecule has 0 bridgehead atoms. The second-order valence-corrected chi connectivity index (χ2v) is 5.39. The molecule has 0 fully saturated rings. The number of fused-ring (bicyclic) bond motifs is 1. The number of nitrogens with zero attached hydrogens (tertiary/aromatic N) is 2. The van der Waals surface area contributed by atoms with Crippen molar-refractivity contribution in [1.29, 1.82) is 0 Å². The number of carbonyl (C=O) groups excluding carboxylic acids is 1. The number of nitrogens with one attached hydrogen (secondary N) is 2. The largest absolute Gasteiger partial charge is 0.465 e. The van der Waals surface area contributed by atoms with E-state index in [1.54, 1.807) is 20.0 Å². The van der Waals surface area contributed by atoms with Crippen molar-refractivity contribution >= 4 is 23.4 Å². The number of rotatable bonds is 5. The van der Waals surface area contributed by atoms with E-state index in [2.05, 4.69) is 10.6 Å². The van der Waals surface area contributed by atoms with E-state index in [4.69, 9.17) is 5.11 Å². The fourth-order valence-electron chi connectivity index (χ4n) is 2.68. The average Bonchev–Trinajstić information content (AvgIpc) is 2.48. The third kappa shape index (κ3) is 3.50. The lowest BCUT2D eigenvalue weighted by atomic mass is 9.97. The number of anilines is 1. The van der Waals surface area contributed by atoms with E-state index in [1.165, 1.54) is 11.0 Å². The van der Waals surface area contributed by atoms with E-state index in [0.29, 0.717) is 24.2 Å². The quantitative estimate of drug-likeness (QED) is 0.554. The van der Waals surface area contributed by atoms with Crippen molar-refractivity contribution in [2.45, 2.75) is 19.4 Å². The van der Waals surface area contributed by atoms with Gasteiger partial charge < -0.3 is 20.6 Å². The monoisotopic (exact) mass is 322 g/mol. The summed E-state index contributed by atoms with van der Waals surface area (Å²) in [7, 11) is 1.59. The summed E-state index contributed by atoms with van der Waals surface area (Å²) in [5, 5.41) is 24.9. The lowest BCUT2D eigenvalue weighted by Crippen LogP contribution is -2.46. The molecule has 1 aliphatic rings. The van der Waals surface area contributed by atoms with E-state index in [1.807, 2.05) is 0 Å². The fourth-order valence-corrected chi connectivity index (χ4v) is 2.68. The van der Waals surface area contributed by atoms with E-state index in [0.717, 1.165) is 5.56 Å². The molecule has 3 N–H and O–H groups in total. The minimum absolute atomic E-state index is 0.154. The maximum atomic E-state index is 12.5. The second-order valence-electron chi connectivity index (χ2n) is 5.39. The minimum atomic E-state index is -1.16. The number of hydrogen-bond acceptors (Lipinski definition) is 5. The molecule has 0 aromatic heterocycles. The highest BCUT2D eigenvalue weighted by atomic mass is 16.6. The second kappa shape index (κ2) is 6.51. The lowest BCUT2D eigenvalue weighted by molar-refractivity contribution is -0.384. The average molecular weight is 322 g/mol. The topological polar surface area (TPSA) is 125 Å². The van der Waals surface area contributed by atoms with Gasteiger partial charge in [-0.1, -0.05) is 0 Å². The predicted molar refractivity (Wildman–Crippen MR) is 82.9 cm³/mol. The fraction of sp³-hybridized carbons (Fsp3) is 0.429. The first kappa shape index (κ1) is 16.5. The Morgan fingerprint density at radius 1 is 1.52 bits per heavy atom. The zero-order valence-corrected chi connectivity index (χ0v) is 12.8. The third-order valence-corrected chi connectivity index (χ3v) is 3.72. The molecule has 1 atom stereocenters. The zero-order chi connectivity index (χ0) is 17.1. The molecule has 0 unspecified atom stereocenters. The van der Waals surface area contributed by atoms with Crippen LogP contribution in [0, 0.1) is 10.1 Å². The molecule has 9 nitrogen and oxygen atoms in total. The van der Waals surface area contributed by atoms with Crippen LogP contribution < -0.4 is 10.6 Å². The predicted octanol–water partition coefficient (Wildman–Crippen LogP) is 1.29. The standard InChI is InChI=1S/C14H18N4O5/c1-8(16-14(20)21)7-17-4-3-9-5-11(15-2)12(18(22)23)6-10(9)13(17)19/h5-6,8,15-16H,3-4,7H2,1-2H3,(H,20,21)/t8-/m1/s1. The van der Waals surface area contributed by atoms with Crippen molar-refractivity contribution in [2.75, 3.05) is 25.5 Å². The molecule has 0 saturated heterocycles. The van der Waals surface area contributed by atoms with Crippen LogP contribution >= 0.6 is 0 Å². The molecular formula is C14H18N4O5. The molecule has 1 aliphatic heterocycles. The highest BCUT2D eigenvalue weighted by molar-refractivity contribution is 5.98. The van der Waals surface area contributed by atoms with Gasteiger partial charge in [0.2, 0.25) is 0 Å². The first-order chi connectivity index (χ1) is 10.8. The molecule has 9 heteroatoms. The summed E-state index contributed by atoms with van der Waals surface area (Å²) in [6, 6.07) is 2.48. The number of carboxylic acid groups (broad SMARTS) is 1. The summed E-state index contributed by atoms with van der Waals surface area (Å²) in [5.41, 5.74) is 1.26. The molecule has 0 radical (unpaired) electrons. The van der Waals surface area contributed by atoms with Gasteiger partial charge in [0.1, 0.15) is 5.69 Å². The highest BCUT2D eigenvalue weighted by Crippen LogP contribution is 2.31. The molecule has 124 valence electrons. The van der Waals surface area contributed by atoms with E-state index in [9.17, 15) is 19.7 Å². The van der Waals surface area contributed by atoms with Crippen LogP contribution in [0.3, 0.4) is 0 Å². The van der Waals surface area contributed by atoms with Gasteiger partial charge in [-0.3, -0.25) is 14.9 Å². The number of amides is 2. The van der Waals surface area contributed by atoms with Gasteiger partial charge >= 0.3 is 6.09 Å². The van der Waals surface area contributed by atoms with Gasteiger partial charge in [0, 0.05) is 37.8 Å². The van der Waals surface area contributed by atoms with Gasteiger partial charge in [0.25, 0.3) is 11.6 Å². The first-order valence-electron chi connectivity index (χ1n) is 7.11. The Labute approximate surface area is 132 Å². The van der Waals surface area contributed by atoms with Crippen LogP contribution in [0.15, 0.2) is 12.1 Å². The van der Waals surface area contributed by atoms with Gasteiger partial charge in [-0.25, -0.2) is 4.79 Å². The molecule has 1 heterocycles. The van der Waals surface area contributed by atoms with Crippen molar-refractivity contribution in [3.05, 3.63) is 33.4 Å². The van der Waals surface area contributed by atoms with Crippen molar-refractivity contribution in [3.8, 4) is 0 Å². The Morgan fingerprint density at radius 2 is 2.22 bits per heavy atom. The summed E-state index contributed by atoms with van der Waals surface area (Å²) in [5.74, 6) is -0.323. The van der Waals surface area contributed by atoms with E-state index in [-0.39, 0.29) is 18.1 Å². The Bertz CT molecular complexity index is 661. The Hall–Kier alpha value is -2.84. The molecule has 0 saturated carbocycles. The Balaban J connectivity index is 2.27. The lowest BCUT2D eigenvalue weighted by Gasteiger charge is -2.30. The number of benzene rings is 1. The van der Waals surface area contributed by atoms with Gasteiger partial charge in [-0.05, 0) is 25.0 Å². The molecule has 2 amide bonds. The Kier molecular flexibility index (Phi) is 4.68. The van der Waals surface area contributed by atoms with Crippen molar-refractivity contribution < 1.29 is 19.6 Å². The SMILES string of the molecule is CNc1cc2c(cc1[N+](=O)[O-])C(=O)N(C[C@@H](C)NC(=O)O)CC2.